The summed E-state index contributed by atoms with van der Waals surface area (Å²) >= 11 is 6.22. The summed E-state index contributed by atoms with van der Waals surface area (Å²) < 4.78 is 5.04. The number of carbonyl (C=O) groups is 2. The Hall–Kier alpha value is -2.31. The highest BCUT2D eigenvalue weighted by Crippen LogP contribution is 2.27. The lowest BCUT2D eigenvalue weighted by atomic mass is 9.92. The van der Waals surface area contributed by atoms with E-state index >= 15 is 0 Å². The van der Waals surface area contributed by atoms with Gasteiger partial charge in [0.25, 0.3) is 5.91 Å². The van der Waals surface area contributed by atoms with Crippen molar-refractivity contribution >= 4 is 34.8 Å². The molecule has 2 atom stereocenters. The molecule has 3 rings (SSSR count). The zero-order valence-corrected chi connectivity index (χ0v) is 14.6. The highest BCUT2D eigenvalue weighted by atomic mass is 35.5. The van der Waals surface area contributed by atoms with Crippen LogP contribution < -0.4 is 16.0 Å². The van der Waals surface area contributed by atoms with Crippen LogP contribution in [-0.4, -0.2) is 24.4 Å². The minimum absolute atomic E-state index is 0.00297. The van der Waals surface area contributed by atoms with Crippen LogP contribution in [0.4, 0.5) is 11.4 Å². The summed E-state index contributed by atoms with van der Waals surface area (Å²) in [5.41, 5.74) is 1.06. The second kappa shape index (κ2) is 7.72. The molecule has 1 aromatic heterocycles. The summed E-state index contributed by atoms with van der Waals surface area (Å²) in [6.07, 6.45) is 3.06. The van der Waals surface area contributed by atoms with Crippen molar-refractivity contribution in [1.29, 1.82) is 0 Å². The molecule has 1 aliphatic heterocycles. The van der Waals surface area contributed by atoms with Crippen molar-refractivity contribution in [3.05, 3.63) is 47.4 Å². The normalized spacial score (nSPS) is 20.1. The van der Waals surface area contributed by atoms with Gasteiger partial charge in [-0.15, -0.1) is 0 Å². The van der Waals surface area contributed by atoms with E-state index in [9.17, 15) is 9.59 Å². The number of amides is 2. The molecule has 3 N–H and O–H groups in total. The summed E-state index contributed by atoms with van der Waals surface area (Å²) in [4.78, 5) is 24.4. The van der Waals surface area contributed by atoms with Crippen molar-refractivity contribution in [2.75, 3.05) is 17.2 Å². The maximum atomic E-state index is 12.4. The lowest BCUT2D eigenvalue weighted by Gasteiger charge is -2.27. The number of hydrogen-bond acceptors (Lipinski definition) is 4. The highest BCUT2D eigenvalue weighted by molar-refractivity contribution is 6.34. The van der Waals surface area contributed by atoms with Crippen LogP contribution in [0.25, 0.3) is 0 Å². The van der Waals surface area contributed by atoms with E-state index in [2.05, 4.69) is 22.9 Å². The number of anilines is 2. The van der Waals surface area contributed by atoms with Crippen molar-refractivity contribution in [2.24, 2.45) is 5.92 Å². The van der Waals surface area contributed by atoms with Crippen LogP contribution in [0.1, 0.15) is 30.3 Å². The van der Waals surface area contributed by atoms with Crippen LogP contribution in [0.5, 0.6) is 0 Å². The van der Waals surface area contributed by atoms with Gasteiger partial charge in [0.15, 0.2) is 5.76 Å². The van der Waals surface area contributed by atoms with Crippen molar-refractivity contribution in [1.82, 2.24) is 5.32 Å². The molecule has 7 heteroatoms. The Morgan fingerprint density at radius 1 is 1.28 bits per heavy atom. The second-order valence-corrected chi connectivity index (χ2v) is 6.60. The fourth-order valence-electron chi connectivity index (χ4n) is 2.90. The molecule has 2 amide bonds. The summed E-state index contributed by atoms with van der Waals surface area (Å²) in [5.74, 6) is -0.189. The quantitative estimate of drug-likeness (QED) is 0.778. The summed E-state index contributed by atoms with van der Waals surface area (Å²) in [5, 5.41) is 9.25. The van der Waals surface area contributed by atoms with Gasteiger partial charge in [0.2, 0.25) is 5.91 Å². The molecule has 132 valence electrons. The standard InChI is InChI=1S/C18H20ClN3O3/c1-11-9-12(6-7-20-11)17(23)21-13-4-5-15(14(19)10-13)22-18(24)16-3-2-8-25-16/h2-5,8,10-12,20H,6-7,9H2,1H3,(H,21,23)(H,22,24)/t11-,12-/m0/s1. The highest BCUT2D eigenvalue weighted by Gasteiger charge is 2.24. The van der Waals surface area contributed by atoms with E-state index in [-0.39, 0.29) is 23.5 Å². The van der Waals surface area contributed by atoms with Crippen molar-refractivity contribution in [3.63, 3.8) is 0 Å². The van der Waals surface area contributed by atoms with Crippen molar-refractivity contribution in [2.45, 2.75) is 25.8 Å². The Morgan fingerprint density at radius 3 is 2.80 bits per heavy atom. The van der Waals surface area contributed by atoms with E-state index in [4.69, 9.17) is 16.0 Å². The fraction of sp³-hybridized carbons (Fsp3) is 0.333. The predicted octanol–water partition coefficient (Wildman–Crippen LogP) is 3.51. The molecule has 25 heavy (non-hydrogen) atoms. The first kappa shape index (κ1) is 17.5. The summed E-state index contributed by atoms with van der Waals surface area (Å²) in [6.45, 7) is 2.92. The topological polar surface area (TPSA) is 83.4 Å². The summed E-state index contributed by atoms with van der Waals surface area (Å²) in [6, 6.07) is 8.54. The predicted molar refractivity (Wildman–Crippen MR) is 96.9 cm³/mol. The van der Waals surface area contributed by atoms with Crippen molar-refractivity contribution in [3.8, 4) is 0 Å². The maximum Gasteiger partial charge on any atom is 0.291 e. The van der Waals surface area contributed by atoms with Gasteiger partial charge in [0.05, 0.1) is 17.0 Å². The van der Waals surface area contributed by atoms with Gasteiger partial charge in [0.1, 0.15) is 0 Å². The van der Waals surface area contributed by atoms with Crippen LogP contribution >= 0.6 is 11.6 Å². The maximum absolute atomic E-state index is 12.4. The number of furan rings is 1. The van der Waals surface area contributed by atoms with Crippen LogP contribution in [0, 0.1) is 5.92 Å². The van der Waals surface area contributed by atoms with Gasteiger partial charge in [-0.3, -0.25) is 9.59 Å². The van der Waals surface area contributed by atoms with E-state index in [1.54, 1.807) is 30.3 Å². The lowest BCUT2D eigenvalue weighted by Crippen LogP contribution is -2.40. The third-order valence-corrected chi connectivity index (χ3v) is 4.54. The zero-order valence-electron chi connectivity index (χ0n) is 13.8. The molecule has 0 aliphatic carbocycles. The van der Waals surface area contributed by atoms with Crippen molar-refractivity contribution < 1.29 is 14.0 Å². The fourth-order valence-corrected chi connectivity index (χ4v) is 3.13. The monoisotopic (exact) mass is 361 g/mol. The molecule has 0 radical (unpaired) electrons. The average molecular weight is 362 g/mol. The molecule has 0 bridgehead atoms. The van der Waals surface area contributed by atoms with Gasteiger partial charge in [-0.05, 0) is 56.6 Å². The van der Waals surface area contributed by atoms with E-state index in [0.29, 0.717) is 22.4 Å². The Morgan fingerprint density at radius 2 is 2.12 bits per heavy atom. The number of benzene rings is 1. The molecule has 1 fully saturated rings. The smallest absolute Gasteiger partial charge is 0.291 e. The first-order chi connectivity index (χ1) is 12.0. The van der Waals surface area contributed by atoms with Crippen LogP contribution in [0.15, 0.2) is 41.0 Å². The lowest BCUT2D eigenvalue weighted by molar-refractivity contribution is -0.120. The van der Waals surface area contributed by atoms with Crippen LogP contribution in [-0.2, 0) is 4.79 Å². The van der Waals surface area contributed by atoms with Gasteiger partial charge in [0, 0.05) is 17.6 Å². The number of halogens is 1. The molecular formula is C18H20ClN3O3. The first-order valence-electron chi connectivity index (χ1n) is 8.21. The van der Waals surface area contributed by atoms with Gasteiger partial charge in [-0.1, -0.05) is 11.6 Å². The third kappa shape index (κ3) is 4.41. The van der Waals surface area contributed by atoms with Crippen LogP contribution in [0.2, 0.25) is 5.02 Å². The number of carbonyl (C=O) groups excluding carboxylic acids is 2. The molecule has 6 nitrogen and oxygen atoms in total. The molecule has 2 aromatic rings. The number of rotatable bonds is 4. The first-order valence-corrected chi connectivity index (χ1v) is 8.59. The number of hydrogen-bond donors (Lipinski definition) is 3. The Labute approximate surface area is 150 Å². The number of piperidine rings is 1. The van der Waals surface area contributed by atoms with Gasteiger partial charge in [-0.25, -0.2) is 0 Å². The molecule has 1 saturated heterocycles. The Balaban J connectivity index is 1.63. The van der Waals surface area contributed by atoms with Gasteiger partial charge in [-0.2, -0.15) is 0 Å². The van der Waals surface area contributed by atoms with Crippen LogP contribution in [0.3, 0.4) is 0 Å². The molecule has 0 spiro atoms. The molecular weight excluding hydrogens is 342 g/mol. The summed E-state index contributed by atoms with van der Waals surface area (Å²) in [7, 11) is 0. The third-order valence-electron chi connectivity index (χ3n) is 4.22. The van der Waals surface area contributed by atoms with E-state index in [1.807, 2.05) is 0 Å². The number of nitrogens with one attached hydrogen (secondary N) is 3. The SMILES string of the molecule is C[C@H]1C[C@@H](C(=O)Nc2ccc(NC(=O)c3ccco3)c(Cl)c2)CCN1. The second-order valence-electron chi connectivity index (χ2n) is 6.19. The zero-order chi connectivity index (χ0) is 17.8. The molecule has 0 unspecified atom stereocenters. The minimum atomic E-state index is -0.382. The Kier molecular flexibility index (Phi) is 5.40. The van der Waals surface area contributed by atoms with E-state index < -0.39 is 0 Å². The molecule has 1 aliphatic rings. The average Bonchev–Trinajstić information content (AvgIpc) is 3.12. The Bertz CT molecular complexity index is 761. The van der Waals surface area contributed by atoms with Gasteiger partial charge < -0.3 is 20.4 Å². The largest absolute Gasteiger partial charge is 0.459 e. The van der Waals surface area contributed by atoms with Gasteiger partial charge >= 0.3 is 0 Å². The minimum Gasteiger partial charge on any atom is -0.459 e. The van der Waals surface area contributed by atoms with E-state index in [1.165, 1.54) is 6.26 Å². The molecule has 0 saturated carbocycles. The molecule has 1 aromatic carbocycles. The van der Waals surface area contributed by atoms with E-state index in [0.717, 1.165) is 19.4 Å². The molecule has 2 heterocycles.